The first-order valence-electron chi connectivity index (χ1n) is 23.7. The highest BCUT2D eigenvalue weighted by atomic mass is 16.7. The molecular formula is C43H76N4O23. The van der Waals surface area contributed by atoms with E-state index in [1.165, 1.54) is 11.8 Å². The normalized spacial score (nSPS) is 31.6. The molecule has 0 saturated carbocycles. The third kappa shape index (κ3) is 19.7. The molecule has 0 aliphatic carbocycles. The Balaban J connectivity index is 1.51. The maximum absolute atomic E-state index is 13.4. The molecule has 3 aliphatic rings. The summed E-state index contributed by atoms with van der Waals surface area (Å²) in [6.45, 7) is -1.66. The minimum atomic E-state index is -1.70. The molecule has 27 nitrogen and oxygen atoms in total. The number of Topliss-reactive ketones (excluding diaryl/α,β-unsaturated/α-hetero) is 1. The second-order valence-corrected chi connectivity index (χ2v) is 17.5. The largest absolute Gasteiger partial charge is 0.394 e. The molecule has 0 aromatic carbocycles. The van der Waals surface area contributed by atoms with Gasteiger partial charge in [-0.1, -0.05) is 19.3 Å². The highest BCUT2D eigenvalue weighted by Gasteiger charge is 2.46. The number of ether oxygens (including phenoxy) is 6. The molecule has 0 radical (unpaired) electrons. The first-order chi connectivity index (χ1) is 33.3. The van der Waals surface area contributed by atoms with Crippen LogP contribution in [-0.4, -0.2) is 260 Å². The zero-order valence-electron chi connectivity index (χ0n) is 39.4. The van der Waals surface area contributed by atoms with E-state index in [-0.39, 0.29) is 64.6 Å². The third-order valence-corrected chi connectivity index (χ3v) is 12.0. The van der Waals surface area contributed by atoms with E-state index < -0.39 is 148 Å². The van der Waals surface area contributed by atoms with Gasteiger partial charge in [0, 0.05) is 45.4 Å². The molecule has 0 unspecified atom stereocenters. The van der Waals surface area contributed by atoms with Crippen molar-refractivity contribution < 1.29 is 114 Å². The first-order valence-corrected chi connectivity index (χ1v) is 23.7. The maximum atomic E-state index is 13.4. The van der Waals surface area contributed by atoms with Crippen LogP contribution in [0.1, 0.15) is 77.6 Å². The SMILES string of the molecule is CC(=O)CCCCCCC(=O)N[C@@H](CC(=O)NCCCCCC(=O)N(CCO[C@H]1O[C@H](CO)[C@@H](O)[C@H](O)[C@@H]1O)CCO[C@H]1O[C@H](CO)[C@@H](O)[C@H](O)[C@@H]1O)C(=O)NCCO[C@H]1O[C@H](CO)[C@@H](O)[C@H](O)[C@@H]1O. The lowest BCUT2D eigenvalue weighted by Gasteiger charge is -2.40. The van der Waals surface area contributed by atoms with Gasteiger partial charge in [0.05, 0.1) is 46.1 Å². The number of hydrogen-bond donors (Lipinski definition) is 15. The van der Waals surface area contributed by atoms with E-state index in [0.717, 1.165) is 6.42 Å². The van der Waals surface area contributed by atoms with Gasteiger partial charge in [-0.3, -0.25) is 19.2 Å². The Labute approximate surface area is 404 Å². The van der Waals surface area contributed by atoms with Gasteiger partial charge in [0.1, 0.15) is 85.1 Å². The Hall–Kier alpha value is -3.17. The van der Waals surface area contributed by atoms with Crippen LogP contribution in [0.25, 0.3) is 0 Å². The van der Waals surface area contributed by atoms with E-state index in [1.54, 1.807) is 0 Å². The summed E-state index contributed by atoms with van der Waals surface area (Å²) >= 11 is 0. The molecule has 15 N–H and O–H groups in total. The van der Waals surface area contributed by atoms with Crippen LogP contribution >= 0.6 is 0 Å². The Morgan fingerprint density at radius 3 is 1.39 bits per heavy atom. The second kappa shape index (κ2) is 32.1. The summed E-state index contributed by atoms with van der Waals surface area (Å²) in [4.78, 5) is 65.1. The highest BCUT2D eigenvalue weighted by molar-refractivity contribution is 5.92. The molecule has 3 fully saturated rings. The molecule has 4 amide bonds. The summed E-state index contributed by atoms with van der Waals surface area (Å²) in [6, 6.07) is -1.31. The fourth-order valence-corrected chi connectivity index (χ4v) is 7.72. The van der Waals surface area contributed by atoms with Crippen LogP contribution in [0.2, 0.25) is 0 Å². The summed E-state index contributed by atoms with van der Waals surface area (Å²) in [5.41, 5.74) is 0. The maximum Gasteiger partial charge on any atom is 0.243 e. The van der Waals surface area contributed by atoms with Crippen molar-refractivity contribution in [1.29, 1.82) is 0 Å². The second-order valence-electron chi connectivity index (χ2n) is 17.5. The fourth-order valence-electron chi connectivity index (χ4n) is 7.72. The van der Waals surface area contributed by atoms with E-state index in [2.05, 4.69) is 16.0 Å². The summed E-state index contributed by atoms with van der Waals surface area (Å²) in [5.74, 6) is -2.14. The Bertz CT molecular complexity index is 1520. The Morgan fingerprint density at radius 2 is 0.929 bits per heavy atom. The van der Waals surface area contributed by atoms with Crippen molar-refractivity contribution in [1.82, 2.24) is 20.9 Å². The van der Waals surface area contributed by atoms with Crippen molar-refractivity contribution in [2.24, 2.45) is 0 Å². The molecule has 70 heavy (non-hydrogen) atoms. The summed E-state index contributed by atoms with van der Waals surface area (Å²) in [6.07, 6.45) is -19.3. The number of aliphatic hydroxyl groups is 12. The average molecular weight is 1020 g/mol. The number of ketones is 1. The van der Waals surface area contributed by atoms with Gasteiger partial charge in [0.2, 0.25) is 23.6 Å². The van der Waals surface area contributed by atoms with Gasteiger partial charge in [-0.15, -0.1) is 0 Å². The van der Waals surface area contributed by atoms with E-state index in [4.69, 9.17) is 28.4 Å². The zero-order chi connectivity index (χ0) is 51.9. The van der Waals surface area contributed by atoms with Crippen LogP contribution in [-0.2, 0) is 52.4 Å². The molecule has 27 heteroatoms. The van der Waals surface area contributed by atoms with Crippen LogP contribution in [0.4, 0.5) is 0 Å². The number of carbonyl (C=O) groups is 5. The predicted molar refractivity (Wildman–Crippen MR) is 235 cm³/mol. The van der Waals surface area contributed by atoms with E-state index in [0.29, 0.717) is 44.9 Å². The van der Waals surface area contributed by atoms with Crippen molar-refractivity contribution in [3.05, 3.63) is 0 Å². The van der Waals surface area contributed by atoms with Gasteiger partial charge in [0.15, 0.2) is 18.9 Å². The van der Waals surface area contributed by atoms with Gasteiger partial charge in [-0.05, 0) is 32.6 Å². The van der Waals surface area contributed by atoms with Crippen LogP contribution in [0.5, 0.6) is 0 Å². The number of carbonyl (C=O) groups excluding carboxylic acids is 5. The van der Waals surface area contributed by atoms with Crippen molar-refractivity contribution in [2.45, 2.75) is 176 Å². The van der Waals surface area contributed by atoms with Crippen LogP contribution in [0.15, 0.2) is 0 Å². The number of amides is 4. The fraction of sp³-hybridized carbons (Fsp3) is 0.884. The van der Waals surface area contributed by atoms with E-state index in [9.17, 15) is 85.3 Å². The molecule has 3 saturated heterocycles. The van der Waals surface area contributed by atoms with Crippen molar-refractivity contribution in [3.63, 3.8) is 0 Å². The Morgan fingerprint density at radius 1 is 0.500 bits per heavy atom. The van der Waals surface area contributed by atoms with Crippen molar-refractivity contribution in [2.75, 3.05) is 65.8 Å². The van der Waals surface area contributed by atoms with Gasteiger partial charge in [-0.25, -0.2) is 0 Å². The molecule has 0 aromatic rings. The van der Waals surface area contributed by atoms with Gasteiger partial charge in [-0.2, -0.15) is 0 Å². The molecule has 406 valence electrons. The number of unbranched alkanes of at least 4 members (excludes halogenated alkanes) is 5. The molecular weight excluding hydrogens is 940 g/mol. The van der Waals surface area contributed by atoms with Gasteiger partial charge in [0.25, 0.3) is 0 Å². The number of hydrogen-bond acceptors (Lipinski definition) is 23. The molecule has 3 aliphatic heterocycles. The summed E-state index contributed by atoms with van der Waals surface area (Å²) in [7, 11) is 0. The highest BCUT2D eigenvalue weighted by Crippen LogP contribution is 2.24. The van der Waals surface area contributed by atoms with Gasteiger partial charge >= 0.3 is 0 Å². The van der Waals surface area contributed by atoms with Crippen LogP contribution < -0.4 is 16.0 Å². The topological polar surface area (TPSA) is 423 Å². The minimum Gasteiger partial charge on any atom is -0.394 e. The lowest BCUT2D eigenvalue weighted by Crippen LogP contribution is -2.59. The quantitative estimate of drug-likeness (QED) is 0.0278. The van der Waals surface area contributed by atoms with Gasteiger partial charge < -0.3 is 115 Å². The number of nitrogens with zero attached hydrogens (tertiary/aromatic N) is 1. The lowest BCUT2D eigenvalue weighted by molar-refractivity contribution is -0.303. The Kier molecular flexibility index (Phi) is 28.0. The van der Waals surface area contributed by atoms with E-state index in [1.807, 2.05) is 0 Å². The van der Waals surface area contributed by atoms with Crippen LogP contribution in [0.3, 0.4) is 0 Å². The monoisotopic (exact) mass is 1020 g/mol. The number of nitrogens with one attached hydrogen (secondary N) is 3. The zero-order valence-corrected chi connectivity index (χ0v) is 39.4. The third-order valence-electron chi connectivity index (χ3n) is 12.0. The standard InChI is InChI=1S/C43H76N4O23/c1-23(51)9-5-2-3-6-10-28(52)46-24(40(64)45-13-16-65-41-37(61)34(58)31(55)25(20-48)68-41)19-29(53)44-12-8-4-7-11-30(54)47(14-17-66-42-38(62)35(59)32(56)26(21-49)69-42)15-18-67-43-39(63)36(60)33(57)27(22-50)70-43/h24-27,31-39,41-43,48-50,55-63H,2-22H2,1H3,(H,44,53)(H,45,64)(H,46,52)/t24-,25+,26+,27+,31+,32+,33+,34-,35-,36-,37-,38-,39-,41-,42-,43-/m0/s1. The molecule has 0 bridgehead atoms. The summed E-state index contributed by atoms with van der Waals surface area (Å²) in [5, 5.41) is 127. The molecule has 0 spiro atoms. The number of rotatable bonds is 32. The van der Waals surface area contributed by atoms with Crippen LogP contribution in [0, 0.1) is 0 Å². The first kappa shape index (κ1) is 61.1. The summed E-state index contributed by atoms with van der Waals surface area (Å²) < 4.78 is 32.5. The molecule has 3 heterocycles. The molecule has 16 atom stereocenters. The molecule has 0 aromatic heterocycles. The lowest BCUT2D eigenvalue weighted by atomic mass is 9.99. The number of aliphatic hydroxyl groups excluding tert-OH is 12. The molecule has 3 rings (SSSR count). The van der Waals surface area contributed by atoms with Crippen molar-refractivity contribution >= 4 is 29.4 Å². The van der Waals surface area contributed by atoms with Crippen molar-refractivity contribution in [3.8, 4) is 0 Å². The minimum absolute atomic E-state index is 0.0147. The van der Waals surface area contributed by atoms with E-state index >= 15 is 0 Å². The smallest absolute Gasteiger partial charge is 0.243 e. The average Bonchev–Trinajstić information content (AvgIpc) is 3.33. The predicted octanol–water partition coefficient (Wildman–Crippen LogP) is -7.14.